The summed E-state index contributed by atoms with van der Waals surface area (Å²) in [6, 6.07) is 17.9. The first-order valence-electron chi connectivity index (χ1n) is 9.97. The highest BCUT2D eigenvalue weighted by molar-refractivity contribution is 8.13. The fraction of sp³-hybridized carbons (Fsp3) is 0.200. The average Bonchev–Trinajstić information content (AvgIpc) is 2.77. The SMILES string of the molecule is COc1ccc2ccccc2c1C1N=C(SCc2ccc(F)cc2)NC(C)=C1C(C)=O. The Labute approximate surface area is 185 Å². The predicted octanol–water partition coefficient (Wildman–Crippen LogP) is 5.78. The van der Waals surface area contributed by atoms with Crippen molar-refractivity contribution in [1.29, 1.82) is 0 Å². The Hall–Kier alpha value is -3.12. The number of thioether (sulfide) groups is 1. The molecule has 3 aromatic rings. The second-order valence-corrected chi connectivity index (χ2v) is 8.34. The van der Waals surface area contributed by atoms with Crippen molar-refractivity contribution < 1.29 is 13.9 Å². The van der Waals surface area contributed by atoms with Crippen molar-refractivity contribution in [3.8, 4) is 5.75 Å². The number of hydrogen-bond donors (Lipinski definition) is 1. The highest BCUT2D eigenvalue weighted by Crippen LogP contribution is 2.41. The Morgan fingerprint density at radius 1 is 1.13 bits per heavy atom. The molecule has 0 aromatic heterocycles. The number of allylic oxidation sites excluding steroid dienone is 1. The van der Waals surface area contributed by atoms with Gasteiger partial charge in [-0.3, -0.25) is 4.79 Å². The first-order chi connectivity index (χ1) is 15.0. The highest BCUT2D eigenvalue weighted by atomic mass is 32.2. The number of aliphatic imine (C=N–C) groups is 1. The number of nitrogens with one attached hydrogen (secondary N) is 1. The summed E-state index contributed by atoms with van der Waals surface area (Å²) in [7, 11) is 1.63. The Kier molecular flexibility index (Phi) is 6.09. The van der Waals surface area contributed by atoms with Crippen molar-refractivity contribution in [3.05, 3.63) is 88.9 Å². The van der Waals surface area contributed by atoms with Gasteiger partial charge in [-0.1, -0.05) is 54.2 Å². The molecule has 1 unspecified atom stereocenters. The van der Waals surface area contributed by atoms with Crippen LogP contribution in [-0.2, 0) is 10.5 Å². The molecule has 3 aromatic carbocycles. The number of rotatable bonds is 5. The van der Waals surface area contributed by atoms with Gasteiger partial charge in [-0.25, -0.2) is 9.38 Å². The second kappa shape index (κ2) is 8.94. The van der Waals surface area contributed by atoms with Crippen LogP contribution in [-0.4, -0.2) is 18.1 Å². The Morgan fingerprint density at radius 3 is 2.58 bits per heavy atom. The van der Waals surface area contributed by atoms with E-state index in [9.17, 15) is 9.18 Å². The number of ether oxygens (including phenoxy) is 1. The number of Topliss-reactive ketones (excluding diaryl/α,β-unsaturated/α-hetero) is 1. The van der Waals surface area contributed by atoms with E-state index in [4.69, 9.17) is 9.73 Å². The van der Waals surface area contributed by atoms with Gasteiger partial charge in [-0.2, -0.15) is 0 Å². The molecule has 0 bridgehead atoms. The molecule has 158 valence electrons. The normalized spacial score (nSPS) is 16.1. The van der Waals surface area contributed by atoms with Crippen LogP contribution in [0.5, 0.6) is 5.75 Å². The quantitative estimate of drug-likeness (QED) is 0.553. The van der Waals surface area contributed by atoms with Gasteiger partial charge in [-0.05, 0) is 48.4 Å². The van der Waals surface area contributed by atoms with Gasteiger partial charge in [0.05, 0.1) is 7.11 Å². The lowest BCUT2D eigenvalue weighted by molar-refractivity contribution is -0.113. The molecule has 31 heavy (non-hydrogen) atoms. The molecule has 0 radical (unpaired) electrons. The molecule has 1 N–H and O–H groups in total. The van der Waals surface area contributed by atoms with Crippen LogP contribution in [0.3, 0.4) is 0 Å². The van der Waals surface area contributed by atoms with E-state index in [1.807, 2.05) is 43.3 Å². The van der Waals surface area contributed by atoms with Crippen molar-refractivity contribution in [1.82, 2.24) is 5.32 Å². The van der Waals surface area contributed by atoms with Gasteiger partial charge < -0.3 is 10.1 Å². The second-order valence-electron chi connectivity index (χ2n) is 7.37. The molecule has 4 rings (SSSR count). The van der Waals surface area contributed by atoms with Gasteiger partial charge in [-0.15, -0.1) is 0 Å². The van der Waals surface area contributed by atoms with Crippen LogP contribution >= 0.6 is 11.8 Å². The summed E-state index contributed by atoms with van der Waals surface area (Å²) in [6.07, 6.45) is 0. The standard InChI is InChI=1S/C25H23FN2O2S/c1-15-22(16(2)29)24(23-20-7-5-4-6-18(20)10-13-21(23)30-3)28-25(27-15)31-14-17-8-11-19(26)12-9-17/h4-13,24H,14H2,1-3H3,(H,27,28). The molecule has 0 amide bonds. The van der Waals surface area contributed by atoms with E-state index in [2.05, 4.69) is 5.32 Å². The van der Waals surface area contributed by atoms with E-state index in [0.29, 0.717) is 22.2 Å². The van der Waals surface area contributed by atoms with Crippen LogP contribution in [0, 0.1) is 5.82 Å². The third-order valence-corrected chi connectivity index (χ3v) is 6.27. The van der Waals surface area contributed by atoms with Crippen LogP contribution in [0.1, 0.15) is 31.0 Å². The molecule has 1 aliphatic rings. The van der Waals surface area contributed by atoms with E-state index in [1.54, 1.807) is 26.2 Å². The predicted molar refractivity (Wildman–Crippen MR) is 125 cm³/mol. The fourth-order valence-electron chi connectivity index (χ4n) is 3.85. The average molecular weight is 435 g/mol. The minimum absolute atomic E-state index is 0.0312. The van der Waals surface area contributed by atoms with Gasteiger partial charge in [0.15, 0.2) is 11.0 Å². The maximum atomic E-state index is 13.2. The zero-order chi connectivity index (χ0) is 22.0. The van der Waals surface area contributed by atoms with Gasteiger partial charge in [0, 0.05) is 22.6 Å². The Bertz CT molecular complexity index is 1200. The van der Waals surface area contributed by atoms with E-state index >= 15 is 0 Å². The number of carbonyl (C=O) groups excluding carboxylic acids is 1. The maximum Gasteiger partial charge on any atom is 0.162 e. The molecule has 0 saturated carbocycles. The fourth-order valence-corrected chi connectivity index (χ4v) is 4.75. The summed E-state index contributed by atoms with van der Waals surface area (Å²) < 4.78 is 18.9. The van der Waals surface area contributed by atoms with E-state index < -0.39 is 6.04 Å². The zero-order valence-electron chi connectivity index (χ0n) is 17.6. The molecule has 1 aliphatic heterocycles. The lowest BCUT2D eigenvalue weighted by Crippen LogP contribution is -2.29. The molecule has 0 fully saturated rings. The van der Waals surface area contributed by atoms with Gasteiger partial charge in [0.2, 0.25) is 0 Å². The molecule has 0 aliphatic carbocycles. The summed E-state index contributed by atoms with van der Waals surface area (Å²) >= 11 is 1.52. The number of methoxy groups -OCH3 is 1. The van der Waals surface area contributed by atoms with E-state index in [0.717, 1.165) is 27.6 Å². The van der Waals surface area contributed by atoms with Crippen LogP contribution in [0.4, 0.5) is 4.39 Å². The molecule has 0 saturated heterocycles. The van der Waals surface area contributed by atoms with Gasteiger partial charge >= 0.3 is 0 Å². The highest BCUT2D eigenvalue weighted by Gasteiger charge is 2.30. The first kappa shape index (κ1) is 21.1. The summed E-state index contributed by atoms with van der Waals surface area (Å²) in [6.45, 7) is 3.46. The summed E-state index contributed by atoms with van der Waals surface area (Å²) in [5.74, 6) is 1.05. The van der Waals surface area contributed by atoms with Crippen molar-refractivity contribution >= 4 is 33.5 Å². The summed E-state index contributed by atoms with van der Waals surface area (Å²) in [5, 5.41) is 6.06. The molecular formula is C25H23FN2O2S. The number of benzene rings is 3. The van der Waals surface area contributed by atoms with Crippen LogP contribution in [0.15, 0.2) is 76.9 Å². The minimum Gasteiger partial charge on any atom is -0.496 e. The minimum atomic E-state index is -0.476. The van der Waals surface area contributed by atoms with Crippen LogP contribution < -0.4 is 10.1 Å². The molecule has 1 atom stereocenters. The van der Waals surface area contributed by atoms with Crippen molar-refractivity contribution in [2.24, 2.45) is 4.99 Å². The Morgan fingerprint density at radius 2 is 1.87 bits per heavy atom. The van der Waals surface area contributed by atoms with E-state index in [1.165, 1.54) is 23.9 Å². The molecule has 0 spiro atoms. The monoisotopic (exact) mass is 434 g/mol. The smallest absolute Gasteiger partial charge is 0.162 e. The summed E-state index contributed by atoms with van der Waals surface area (Å²) in [5.41, 5.74) is 3.28. The number of nitrogens with zero attached hydrogens (tertiary/aromatic N) is 1. The van der Waals surface area contributed by atoms with Crippen molar-refractivity contribution in [3.63, 3.8) is 0 Å². The van der Waals surface area contributed by atoms with Gasteiger partial charge in [0.25, 0.3) is 0 Å². The summed E-state index contributed by atoms with van der Waals surface area (Å²) in [4.78, 5) is 17.5. The lowest BCUT2D eigenvalue weighted by atomic mass is 9.89. The number of fused-ring (bicyclic) bond motifs is 1. The number of carbonyl (C=O) groups is 1. The Balaban J connectivity index is 1.77. The van der Waals surface area contributed by atoms with Crippen molar-refractivity contribution in [2.45, 2.75) is 25.6 Å². The zero-order valence-corrected chi connectivity index (χ0v) is 18.4. The maximum absolute atomic E-state index is 13.2. The van der Waals surface area contributed by atoms with Crippen LogP contribution in [0.2, 0.25) is 0 Å². The number of ketones is 1. The lowest BCUT2D eigenvalue weighted by Gasteiger charge is -2.27. The number of halogens is 1. The van der Waals surface area contributed by atoms with Crippen molar-refractivity contribution in [2.75, 3.05) is 7.11 Å². The number of hydrogen-bond acceptors (Lipinski definition) is 5. The largest absolute Gasteiger partial charge is 0.496 e. The third kappa shape index (κ3) is 4.35. The van der Waals surface area contributed by atoms with Gasteiger partial charge in [0.1, 0.15) is 17.6 Å². The third-order valence-electron chi connectivity index (χ3n) is 5.31. The molecule has 6 heteroatoms. The molecular weight excluding hydrogens is 411 g/mol. The van der Waals surface area contributed by atoms with Crippen LogP contribution in [0.25, 0.3) is 10.8 Å². The number of amidine groups is 1. The van der Waals surface area contributed by atoms with E-state index in [-0.39, 0.29) is 11.6 Å². The topological polar surface area (TPSA) is 50.7 Å². The molecule has 4 nitrogen and oxygen atoms in total. The molecule has 1 heterocycles. The first-order valence-corrected chi connectivity index (χ1v) is 11.0.